The molecule has 0 atom stereocenters. The van der Waals surface area contributed by atoms with Gasteiger partial charge in [-0.15, -0.1) is 0 Å². The molecular weight excluding hydrogens is 408 g/mol. The second-order valence-corrected chi connectivity index (χ2v) is 7.71. The Hall–Kier alpha value is -3.26. The maximum absolute atomic E-state index is 13.6. The summed E-state index contributed by atoms with van der Waals surface area (Å²) in [6.45, 7) is 2.10. The lowest BCUT2D eigenvalue weighted by atomic mass is 10.0. The van der Waals surface area contributed by atoms with Gasteiger partial charge < -0.3 is 4.98 Å². The van der Waals surface area contributed by atoms with Gasteiger partial charge in [0.15, 0.2) is 5.82 Å². The van der Waals surface area contributed by atoms with Crippen LogP contribution in [0.4, 0.5) is 17.6 Å². The predicted octanol–water partition coefficient (Wildman–Crippen LogP) is 5.34. The summed E-state index contributed by atoms with van der Waals surface area (Å²) in [5.41, 5.74) is 3.69. The molecule has 5 rings (SSSR count). The molecule has 0 aliphatic carbocycles. The lowest BCUT2D eigenvalue weighted by molar-refractivity contribution is -0.137. The molecule has 4 aromatic rings. The average molecular weight is 426 g/mol. The van der Waals surface area contributed by atoms with E-state index in [-0.39, 0.29) is 5.82 Å². The fourth-order valence-corrected chi connectivity index (χ4v) is 3.98. The van der Waals surface area contributed by atoms with Crippen molar-refractivity contribution < 1.29 is 17.6 Å². The minimum atomic E-state index is -4.37. The molecule has 31 heavy (non-hydrogen) atoms. The van der Waals surface area contributed by atoms with E-state index in [2.05, 4.69) is 19.9 Å². The number of aromatic nitrogens is 3. The zero-order chi connectivity index (χ0) is 21.6. The lowest BCUT2D eigenvalue weighted by Gasteiger charge is -2.28. The summed E-state index contributed by atoms with van der Waals surface area (Å²) in [6.07, 6.45) is -0.00230. The fourth-order valence-electron chi connectivity index (χ4n) is 3.98. The van der Waals surface area contributed by atoms with Crippen LogP contribution in [0, 0.1) is 5.82 Å². The first-order chi connectivity index (χ1) is 14.9. The number of halogens is 4. The summed E-state index contributed by atoms with van der Waals surface area (Å²) < 4.78 is 51.9. The summed E-state index contributed by atoms with van der Waals surface area (Å²) in [4.78, 5) is 14.4. The maximum atomic E-state index is 13.6. The van der Waals surface area contributed by atoms with E-state index in [0.717, 1.165) is 46.4 Å². The number of hydrogen-bond acceptors (Lipinski definition) is 3. The van der Waals surface area contributed by atoms with Gasteiger partial charge >= 0.3 is 6.18 Å². The number of nitrogens with one attached hydrogen (secondary N) is 1. The van der Waals surface area contributed by atoms with Gasteiger partial charge in [0.1, 0.15) is 5.82 Å². The highest BCUT2D eigenvalue weighted by Crippen LogP contribution is 2.31. The third-order valence-corrected chi connectivity index (χ3v) is 5.61. The van der Waals surface area contributed by atoms with Gasteiger partial charge in [-0.1, -0.05) is 12.1 Å². The molecule has 1 aliphatic heterocycles. The van der Waals surface area contributed by atoms with Gasteiger partial charge in [0, 0.05) is 60.5 Å². The molecule has 0 radical (unpaired) electrons. The number of fused-ring (bicyclic) bond motifs is 2. The SMILES string of the molecule is Fc1ccc2[nH]cc(CN3CCc4nc(-c5ccc(C(F)(F)F)cc5)ncc4C3)c2c1. The number of hydrogen-bond donors (Lipinski definition) is 1. The summed E-state index contributed by atoms with van der Waals surface area (Å²) in [6, 6.07) is 9.60. The molecule has 0 bridgehead atoms. The van der Waals surface area contributed by atoms with Crippen molar-refractivity contribution in [2.75, 3.05) is 6.54 Å². The largest absolute Gasteiger partial charge is 0.416 e. The van der Waals surface area contributed by atoms with Crippen LogP contribution in [0.3, 0.4) is 0 Å². The second kappa shape index (κ2) is 7.46. The molecule has 2 aromatic carbocycles. The molecule has 158 valence electrons. The van der Waals surface area contributed by atoms with Crippen molar-refractivity contribution in [1.29, 1.82) is 0 Å². The van der Waals surface area contributed by atoms with Gasteiger partial charge in [-0.25, -0.2) is 14.4 Å². The fraction of sp³-hybridized carbons (Fsp3) is 0.217. The molecule has 3 heterocycles. The van der Waals surface area contributed by atoms with Crippen molar-refractivity contribution in [3.63, 3.8) is 0 Å². The lowest BCUT2D eigenvalue weighted by Crippen LogP contribution is -2.30. The maximum Gasteiger partial charge on any atom is 0.416 e. The first kappa shape index (κ1) is 19.7. The van der Waals surface area contributed by atoms with Crippen LogP contribution in [0.15, 0.2) is 54.9 Å². The molecule has 0 unspecified atom stereocenters. The van der Waals surface area contributed by atoms with Gasteiger partial charge in [-0.3, -0.25) is 4.90 Å². The molecule has 0 saturated carbocycles. The molecule has 0 saturated heterocycles. The van der Waals surface area contributed by atoms with E-state index in [9.17, 15) is 17.6 Å². The molecule has 0 spiro atoms. The Morgan fingerprint density at radius 2 is 1.87 bits per heavy atom. The Morgan fingerprint density at radius 3 is 2.65 bits per heavy atom. The van der Waals surface area contributed by atoms with Crippen molar-refractivity contribution in [2.45, 2.75) is 25.7 Å². The average Bonchev–Trinajstić information content (AvgIpc) is 3.14. The number of aromatic amines is 1. The van der Waals surface area contributed by atoms with E-state index in [1.54, 1.807) is 18.3 Å². The van der Waals surface area contributed by atoms with Gasteiger partial charge in [0.25, 0.3) is 0 Å². The van der Waals surface area contributed by atoms with Crippen molar-refractivity contribution in [1.82, 2.24) is 19.9 Å². The quantitative estimate of drug-likeness (QED) is 0.450. The normalized spacial score (nSPS) is 14.7. The van der Waals surface area contributed by atoms with Crippen LogP contribution in [0.25, 0.3) is 22.3 Å². The molecule has 1 aliphatic rings. The molecule has 8 heteroatoms. The van der Waals surface area contributed by atoms with Crippen molar-refractivity contribution >= 4 is 10.9 Å². The third-order valence-electron chi connectivity index (χ3n) is 5.61. The Balaban J connectivity index is 1.33. The number of nitrogens with zero attached hydrogens (tertiary/aromatic N) is 3. The Bertz CT molecular complexity index is 1240. The van der Waals surface area contributed by atoms with Crippen molar-refractivity contribution in [3.05, 3.63) is 83.1 Å². The van der Waals surface area contributed by atoms with E-state index >= 15 is 0 Å². The molecule has 2 aromatic heterocycles. The summed E-state index contributed by atoms with van der Waals surface area (Å²) >= 11 is 0. The van der Waals surface area contributed by atoms with Gasteiger partial charge in [-0.05, 0) is 35.9 Å². The van der Waals surface area contributed by atoms with E-state index in [4.69, 9.17) is 0 Å². The second-order valence-electron chi connectivity index (χ2n) is 7.71. The number of H-pyrrole nitrogens is 1. The first-order valence-corrected chi connectivity index (χ1v) is 9.87. The first-order valence-electron chi connectivity index (χ1n) is 9.87. The third kappa shape index (κ3) is 3.90. The predicted molar refractivity (Wildman–Crippen MR) is 109 cm³/mol. The number of alkyl halides is 3. The standard InChI is InChI=1S/C23H18F4N4/c24-18-5-6-21-19(9-18)15(10-28-21)12-31-8-7-20-16(13-31)11-29-22(30-20)14-1-3-17(4-2-14)23(25,26)27/h1-6,9-11,28H,7-8,12-13H2. The zero-order valence-corrected chi connectivity index (χ0v) is 16.4. The minimum absolute atomic E-state index is 0.262. The van der Waals surface area contributed by atoms with Crippen molar-refractivity contribution in [2.24, 2.45) is 0 Å². The summed E-state index contributed by atoms with van der Waals surface area (Å²) in [5.74, 6) is 0.162. The molecule has 1 N–H and O–H groups in total. The smallest absolute Gasteiger partial charge is 0.361 e. The zero-order valence-electron chi connectivity index (χ0n) is 16.4. The topological polar surface area (TPSA) is 44.8 Å². The van der Waals surface area contributed by atoms with E-state index < -0.39 is 11.7 Å². The number of rotatable bonds is 3. The molecule has 0 fully saturated rings. The highest BCUT2D eigenvalue weighted by molar-refractivity contribution is 5.83. The molecular formula is C23H18F4N4. The summed E-state index contributed by atoms with van der Waals surface area (Å²) in [7, 11) is 0. The van der Waals surface area contributed by atoms with Crippen molar-refractivity contribution in [3.8, 4) is 11.4 Å². The van der Waals surface area contributed by atoms with Gasteiger partial charge in [0.05, 0.1) is 11.3 Å². The van der Waals surface area contributed by atoms with Crippen LogP contribution in [-0.4, -0.2) is 26.4 Å². The highest BCUT2D eigenvalue weighted by atomic mass is 19.4. The van der Waals surface area contributed by atoms with Crippen LogP contribution in [-0.2, 0) is 25.7 Å². The monoisotopic (exact) mass is 426 g/mol. The molecule has 0 amide bonds. The molecule has 4 nitrogen and oxygen atoms in total. The van der Waals surface area contributed by atoms with Crippen LogP contribution in [0.2, 0.25) is 0 Å². The number of benzene rings is 2. The van der Waals surface area contributed by atoms with E-state index in [0.29, 0.717) is 30.9 Å². The van der Waals surface area contributed by atoms with Crippen LogP contribution < -0.4 is 0 Å². The van der Waals surface area contributed by atoms with Gasteiger partial charge in [0.2, 0.25) is 0 Å². The summed E-state index contributed by atoms with van der Waals surface area (Å²) in [5, 5.41) is 0.875. The highest BCUT2D eigenvalue weighted by Gasteiger charge is 2.30. The van der Waals surface area contributed by atoms with Crippen LogP contribution >= 0.6 is 0 Å². The van der Waals surface area contributed by atoms with Gasteiger partial charge in [-0.2, -0.15) is 13.2 Å². The van der Waals surface area contributed by atoms with E-state index in [1.165, 1.54) is 18.2 Å². The van der Waals surface area contributed by atoms with Crippen LogP contribution in [0.5, 0.6) is 0 Å². The Kier molecular flexibility index (Phi) is 4.74. The Morgan fingerprint density at radius 1 is 1.06 bits per heavy atom. The van der Waals surface area contributed by atoms with E-state index in [1.807, 2.05) is 6.20 Å². The minimum Gasteiger partial charge on any atom is -0.361 e. The Labute approximate surface area is 175 Å². The van der Waals surface area contributed by atoms with Crippen LogP contribution in [0.1, 0.15) is 22.4 Å².